The van der Waals surface area contributed by atoms with Crippen LogP contribution < -0.4 is 4.74 Å². The summed E-state index contributed by atoms with van der Waals surface area (Å²) >= 11 is 1.41. The van der Waals surface area contributed by atoms with E-state index in [4.69, 9.17) is 4.74 Å². The van der Waals surface area contributed by atoms with Crippen LogP contribution >= 0.6 is 11.8 Å². The Morgan fingerprint density at radius 2 is 1.83 bits per heavy atom. The summed E-state index contributed by atoms with van der Waals surface area (Å²) < 4.78 is 20.9. The maximum Gasteiger partial charge on any atom is 0.127 e. The van der Waals surface area contributed by atoms with Crippen LogP contribution in [0.5, 0.6) is 5.75 Å². The van der Waals surface area contributed by atoms with Gasteiger partial charge in [-0.2, -0.15) is 5.10 Å². The van der Waals surface area contributed by atoms with Gasteiger partial charge in [-0.1, -0.05) is 24.3 Å². The highest BCUT2D eigenvalue weighted by molar-refractivity contribution is 7.99. The molecule has 1 N–H and O–H groups in total. The summed E-state index contributed by atoms with van der Waals surface area (Å²) in [6, 6.07) is 22.8. The summed E-state index contributed by atoms with van der Waals surface area (Å²) in [5.74, 6) is 0.963. The maximum absolute atomic E-state index is 13.9. The van der Waals surface area contributed by atoms with Gasteiger partial charge in [-0.15, -0.1) is 11.8 Å². The molecule has 0 amide bonds. The van der Waals surface area contributed by atoms with Gasteiger partial charge in [0.05, 0.1) is 24.5 Å². The molecule has 148 valence electrons. The fourth-order valence-corrected chi connectivity index (χ4v) is 4.15. The molecule has 0 fully saturated rings. The molecular formula is C23H21FN2O2S. The molecule has 4 rings (SSSR count). The third kappa shape index (κ3) is 3.99. The van der Waals surface area contributed by atoms with Gasteiger partial charge >= 0.3 is 0 Å². The van der Waals surface area contributed by atoms with Crippen LogP contribution in [0.2, 0.25) is 0 Å². The molecule has 0 aliphatic carbocycles. The number of hydrogen-bond donors (Lipinski definition) is 1. The van der Waals surface area contributed by atoms with Crippen molar-refractivity contribution in [1.29, 1.82) is 0 Å². The average molecular weight is 408 g/mol. The topological polar surface area (TPSA) is 47.3 Å². The van der Waals surface area contributed by atoms with E-state index in [2.05, 4.69) is 5.10 Å². The molecular weight excluding hydrogens is 387 g/mol. The highest BCUT2D eigenvalue weighted by atomic mass is 32.2. The van der Waals surface area contributed by atoms with Crippen molar-refractivity contribution in [3.63, 3.8) is 0 Å². The van der Waals surface area contributed by atoms with Gasteiger partial charge in [0, 0.05) is 16.0 Å². The minimum atomic E-state index is -1.58. The van der Waals surface area contributed by atoms with E-state index in [1.54, 1.807) is 19.4 Å². The molecule has 1 unspecified atom stereocenters. The number of fused-ring (bicyclic) bond motifs is 1. The second-order valence-electron chi connectivity index (χ2n) is 6.79. The zero-order valence-electron chi connectivity index (χ0n) is 16.0. The lowest BCUT2D eigenvalue weighted by Crippen LogP contribution is -2.31. The largest absolute Gasteiger partial charge is 0.497 e. The van der Waals surface area contributed by atoms with Crippen molar-refractivity contribution in [3.8, 4) is 11.4 Å². The van der Waals surface area contributed by atoms with Crippen LogP contribution in [0.3, 0.4) is 0 Å². The van der Waals surface area contributed by atoms with Crippen LogP contribution in [0.25, 0.3) is 16.6 Å². The number of alkyl halides is 1. The Hall–Kier alpha value is -2.83. The number of aromatic nitrogens is 2. The molecule has 29 heavy (non-hydrogen) atoms. The Kier molecular flexibility index (Phi) is 5.56. The zero-order chi connectivity index (χ0) is 20.3. The highest BCUT2D eigenvalue weighted by Crippen LogP contribution is 2.33. The van der Waals surface area contributed by atoms with Gasteiger partial charge in [0.1, 0.15) is 18.0 Å². The smallest absolute Gasteiger partial charge is 0.127 e. The Labute approximate surface area is 172 Å². The van der Waals surface area contributed by atoms with Crippen molar-refractivity contribution >= 4 is 22.7 Å². The number of thioether (sulfide) groups is 1. The summed E-state index contributed by atoms with van der Waals surface area (Å²) in [6.45, 7) is -0.867. The van der Waals surface area contributed by atoms with Crippen LogP contribution in [0.15, 0.2) is 83.9 Å². The Bertz CT molecular complexity index is 1100. The molecule has 3 aromatic carbocycles. The fraction of sp³-hybridized carbons (Fsp3) is 0.174. The summed E-state index contributed by atoms with van der Waals surface area (Å²) in [5, 5.41) is 16.3. The summed E-state index contributed by atoms with van der Waals surface area (Å²) in [6.07, 6.45) is 1.74. The van der Waals surface area contributed by atoms with Crippen molar-refractivity contribution in [3.05, 3.63) is 84.6 Å². The number of benzene rings is 3. The number of para-hydroxylation sites is 1. The number of aliphatic hydroxyl groups is 1. The predicted octanol–water partition coefficient (Wildman–Crippen LogP) is 4.98. The van der Waals surface area contributed by atoms with Crippen molar-refractivity contribution in [1.82, 2.24) is 9.78 Å². The third-order valence-electron chi connectivity index (χ3n) is 4.86. The number of halogens is 1. The maximum atomic E-state index is 13.9. The van der Waals surface area contributed by atoms with Crippen LogP contribution in [0, 0.1) is 0 Å². The van der Waals surface area contributed by atoms with E-state index >= 15 is 0 Å². The van der Waals surface area contributed by atoms with E-state index < -0.39 is 12.3 Å². The minimum Gasteiger partial charge on any atom is -0.497 e. The first-order chi connectivity index (χ1) is 14.1. The number of methoxy groups -OCH3 is 1. The predicted molar refractivity (Wildman–Crippen MR) is 115 cm³/mol. The summed E-state index contributed by atoms with van der Waals surface area (Å²) in [5.41, 5.74) is 0.823. The second-order valence-corrected chi connectivity index (χ2v) is 7.84. The first-order valence-electron chi connectivity index (χ1n) is 9.22. The van der Waals surface area contributed by atoms with Crippen molar-refractivity contribution in [2.24, 2.45) is 0 Å². The van der Waals surface area contributed by atoms with Crippen molar-refractivity contribution in [2.75, 3.05) is 19.5 Å². The molecule has 4 nitrogen and oxygen atoms in total. The number of rotatable bonds is 7. The molecule has 0 bridgehead atoms. The summed E-state index contributed by atoms with van der Waals surface area (Å²) in [4.78, 5) is 0.940. The number of ether oxygens (including phenoxy) is 1. The Balaban J connectivity index is 1.59. The van der Waals surface area contributed by atoms with Crippen LogP contribution in [0.1, 0.15) is 5.56 Å². The molecule has 0 aliphatic heterocycles. The van der Waals surface area contributed by atoms with Crippen molar-refractivity contribution in [2.45, 2.75) is 10.5 Å². The fourth-order valence-electron chi connectivity index (χ4n) is 3.17. The van der Waals surface area contributed by atoms with E-state index in [-0.39, 0.29) is 5.75 Å². The Morgan fingerprint density at radius 1 is 1.07 bits per heavy atom. The SMILES string of the molecule is COc1ccc(SCC(O)(CF)c2ccc3c(cnn3-c3ccccc3)c2)cc1. The Morgan fingerprint density at radius 3 is 2.52 bits per heavy atom. The van der Waals surface area contributed by atoms with E-state index in [9.17, 15) is 9.50 Å². The average Bonchev–Trinajstić information content (AvgIpc) is 3.22. The highest BCUT2D eigenvalue weighted by Gasteiger charge is 2.30. The van der Waals surface area contributed by atoms with Crippen LogP contribution in [0.4, 0.5) is 4.39 Å². The number of nitrogens with zero attached hydrogens (tertiary/aromatic N) is 2. The third-order valence-corrected chi connectivity index (χ3v) is 6.09. The van der Waals surface area contributed by atoms with Gasteiger partial charge in [-0.05, 0) is 54.1 Å². The first-order valence-corrected chi connectivity index (χ1v) is 10.2. The monoisotopic (exact) mass is 408 g/mol. The van der Waals surface area contributed by atoms with Gasteiger partial charge in [-0.25, -0.2) is 9.07 Å². The minimum absolute atomic E-state index is 0.203. The lowest BCUT2D eigenvalue weighted by atomic mass is 9.96. The molecule has 6 heteroatoms. The molecule has 1 aromatic heterocycles. The van der Waals surface area contributed by atoms with E-state index in [0.717, 1.165) is 27.2 Å². The molecule has 1 heterocycles. The van der Waals surface area contributed by atoms with E-state index in [1.807, 2.05) is 71.4 Å². The normalized spacial score (nSPS) is 13.3. The molecule has 0 saturated heterocycles. The molecule has 1 atom stereocenters. The molecule has 4 aromatic rings. The van der Waals surface area contributed by atoms with E-state index in [1.165, 1.54) is 11.8 Å². The zero-order valence-corrected chi connectivity index (χ0v) is 16.8. The standard InChI is InChI=1S/C23H21FN2O2S/c1-28-20-8-10-21(11-9-20)29-16-23(27,15-24)18-7-12-22-17(13-18)14-25-26(22)19-5-3-2-4-6-19/h2-14,27H,15-16H2,1H3. The number of hydrogen-bond acceptors (Lipinski definition) is 4. The van der Waals surface area contributed by atoms with Crippen LogP contribution in [-0.2, 0) is 5.60 Å². The van der Waals surface area contributed by atoms with Gasteiger partial charge in [-0.3, -0.25) is 0 Å². The molecule has 0 spiro atoms. The van der Waals surface area contributed by atoms with Gasteiger partial charge < -0.3 is 9.84 Å². The first kappa shape index (κ1) is 19.5. The molecule has 0 radical (unpaired) electrons. The molecule has 0 saturated carbocycles. The summed E-state index contributed by atoms with van der Waals surface area (Å²) in [7, 11) is 1.61. The lowest BCUT2D eigenvalue weighted by Gasteiger charge is -2.25. The lowest BCUT2D eigenvalue weighted by molar-refractivity contribution is 0.0350. The van der Waals surface area contributed by atoms with Crippen molar-refractivity contribution < 1.29 is 14.2 Å². The van der Waals surface area contributed by atoms with Crippen LogP contribution in [-0.4, -0.2) is 34.4 Å². The van der Waals surface area contributed by atoms with Gasteiger partial charge in [0.2, 0.25) is 0 Å². The second kappa shape index (κ2) is 8.27. The van der Waals surface area contributed by atoms with Gasteiger partial charge in [0.15, 0.2) is 0 Å². The molecule has 0 aliphatic rings. The van der Waals surface area contributed by atoms with E-state index in [0.29, 0.717) is 5.56 Å². The van der Waals surface area contributed by atoms with Gasteiger partial charge in [0.25, 0.3) is 0 Å². The quantitative estimate of drug-likeness (QED) is 0.438.